The number of rotatable bonds is 11. The molecule has 0 fully saturated rings. The maximum atomic E-state index is 11.4. The van der Waals surface area contributed by atoms with Crippen LogP contribution in [-0.2, 0) is 9.53 Å². The van der Waals surface area contributed by atoms with Crippen molar-refractivity contribution in [2.45, 2.75) is 58.0 Å². The predicted molar refractivity (Wildman–Crippen MR) is 71.2 cm³/mol. The molecule has 0 aromatic carbocycles. The number of aliphatic hydroxyl groups is 2. The van der Waals surface area contributed by atoms with Gasteiger partial charge in [-0.2, -0.15) is 0 Å². The van der Waals surface area contributed by atoms with Crippen molar-refractivity contribution in [3.8, 4) is 0 Å². The highest BCUT2D eigenvalue weighted by Gasteiger charge is 2.14. The highest BCUT2D eigenvalue weighted by molar-refractivity contribution is 5.87. The SMILES string of the molecule is C=C(C)C(=O)OC(CCCO)CCCCCCO. The fourth-order valence-electron chi connectivity index (χ4n) is 1.67. The van der Waals surface area contributed by atoms with Crippen LogP contribution in [0.15, 0.2) is 12.2 Å². The zero-order valence-electron chi connectivity index (χ0n) is 11.4. The van der Waals surface area contributed by atoms with Crippen molar-refractivity contribution in [2.75, 3.05) is 13.2 Å². The van der Waals surface area contributed by atoms with Crippen LogP contribution < -0.4 is 0 Å². The quantitative estimate of drug-likeness (QED) is 0.339. The second-order valence-corrected chi connectivity index (χ2v) is 4.60. The molecule has 18 heavy (non-hydrogen) atoms. The first-order valence-electron chi connectivity index (χ1n) is 6.70. The molecule has 1 unspecified atom stereocenters. The molecular formula is C14H26O4. The van der Waals surface area contributed by atoms with E-state index in [4.69, 9.17) is 14.9 Å². The number of carbonyl (C=O) groups is 1. The van der Waals surface area contributed by atoms with Crippen molar-refractivity contribution in [3.05, 3.63) is 12.2 Å². The van der Waals surface area contributed by atoms with Gasteiger partial charge in [0.1, 0.15) is 6.10 Å². The van der Waals surface area contributed by atoms with E-state index in [9.17, 15) is 4.79 Å². The van der Waals surface area contributed by atoms with Crippen LogP contribution in [0.25, 0.3) is 0 Å². The van der Waals surface area contributed by atoms with Crippen molar-refractivity contribution >= 4 is 5.97 Å². The average molecular weight is 258 g/mol. The summed E-state index contributed by atoms with van der Waals surface area (Å²) in [7, 11) is 0. The molecule has 4 heteroatoms. The minimum absolute atomic E-state index is 0.117. The Kier molecular flexibility index (Phi) is 10.7. The summed E-state index contributed by atoms with van der Waals surface area (Å²) in [6, 6.07) is 0. The number of aliphatic hydroxyl groups excluding tert-OH is 2. The van der Waals surface area contributed by atoms with Gasteiger partial charge in [0.2, 0.25) is 0 Å². The minimum Gasteiger partial charge on any atom is -0.459 e. The van der Waals surface area contributed by atoms with Crippen LogP contribution in [0, 0.1) is 0 Å². The molecule has 0 spiro atoms. The first-order valence-corrected chi connectivity index (χ1v) is 6.70. The molecule has 0 aromatic rings. The van der Waals surface area contributed by atoms with Crippen molar-refractivity contribution in [1.29, 1.82) is 0 Å². The molecule has 0 aliphatic carbocycles. The van der Waals surface area contributed by atoms with E-state index in [2.05, 4.69) is 6.58 Å². The van der Waals surface area contributed by atoms with E-state index in [0.717, 1.165) is 32.1 Å². The molecule has 0 radical (unpaired) electrons. The van der Waals surface area contributed by atoms with E-state index in [0.29, 0.717) is 18.4 Å². The van der Waals surface area contributed by atoms with Gasteiger partial charge >= 0.3 is 5.97 Å². The Bertz CT molecular complexity index is 238. The number of unbranched alkanes of at least 4 members (excludes halogenated alkanes) is 3. The Morgan fingerprint density at radius 2 is 1.61 bits per heavy atom. The van der Waals surface area contributed by atoms with Gasteiger partial charge in [-0.3, -0.25) is 0 Å². The van der Waals surface area contributed by atoms with E-state index >= 15 is 0 Å². The van der Waals surface area contributed by atoms with E-state index in [1.54, 1.807) is 6.92 Å². The molecule has 0 aliphatic heterocycles. The third-order valence-corrected chi connectivity index (χ3v) is 2.74. The Hall–Kier alpha value is -0.870. The zero-order chi connectivity index (χ0) is 13.8. The molecule has 1 atom stereocenters. The van der Waals surface area contributed by atoms with Gasteiger partial charge in [-0.05, 0) is 39.0 Å². The van der Waals surface area contributed by atoms with Crippen LogP contribution in [-0.4, -0.2) is 35.5 Å². The van der Waals surface area contributed by atoms with Crippen LogP contribution >= 0.6 is 0 Å². The van der Waals surface area contributed by atoms with E-state index in [1.165, 1.54) is 0 Å². The Morgan fingerprint density at radius 1 is 1.06 bits per heavy atom. The highest BCUT2D eigenvalue weighted by Crippen LogP contribution is 2.14. The normalized spacial score (nSPS) is 12.2. The van der Waals surface area contributed by atoms with Gasteiger partial charge in [0, 0.05) is 18.8 Å². The second-order valence-electron chi connectivity index (χ2n) is 4.60. The number of ether oxygens (including phenoxy) is 1. The van der Waals surface area contributed by atoms with Crippen molar-refractivity contribution in [3.63, 3.8) is 0 Å². The fourth-order valence-corrected chi connectivity index (χ4v) is 1.67. The third kappa shape index (κ3) is 9.19. The van der Waals surface area contributed by atoms with Crippen LogP contribution in [0.4, 0.5) is 0 Å². The average Bonchev–Trinajstić information content (AvgIpc) is 2.34. The van der Waals surface area contributed by atoms with Crippen LogP contribution in [0.1, 0.15) is 51.9 Å². The van der Waals surface area contributed by atoms with E-state index in [-0.39, 0.29) is 25.3 Å². The topological polar surface area (TPSA) is 66.8 Å². The maximum absolute atomic E-state index is 11.4. The summed E-state index contributed by atoms with van der Waals surface area (Å²) in [5, 5.41) is 17.5. The van der Waals surface area contributed by atoms with E-state index in [1.807, 2.05) is 0 Å². The lowest BCUT2D eigenvalue weighted by Crippen LogP contribution is -2.19. The largest absolute Gasteiger partial charge is 0.459 e. The number of esters is 1. The number of carbonyl (C=O) groups excluding carboxylic acids is 1. The van der Waals surface area contributed by atoms with Gasteiger partial charge in [-0.1, -0.05) is 19.4 Å². The number of hydrogen-bond acceptors (Lipinski definition) is 4. The summed E-state index contributed by atoms with van der Waals surface area (Å²) in [6.45, 7) is 5.54. The summed E-state index contributed by atoms with van der Waals surface area (Å²) >= 11 is 0. The Morgan fingerprint density at radius 3 is 2.17 bits per heavy atom. The van der Waals surface area contributed by atoms with Crippen molar-refractivity contribution in [1.82, 2.24) is 0 Å². The minimum atomic E-state index is -0.353. The fraction of sp³-hybridized carbons (Fsp3) is 0.786. The molecule has 2 N–H and O–H groups in total. The Balaban J connectivity index is 3.90. The molecular weight excluding hydrogens is 232 g/mol. The molecule has 0 bridgehead atoms. The van der Waals surface area contributed by atoms with Gasteiger partial charge < -0.3 is 14.9 Å². The lowest BCUT2D eigenvalue weighted by Gasteiger charge is -2.17. The lowest BCUT2D eigenvalue weighted by molar-refractivity contribution is -0.145. The van der Waals surface area contributed by atoms with Crippen molar-refractivity contribution < 1.29 is 19.7 Å². The Labute approximate surface area is 110 Å². The standard InChI is InChI=1S/C14H26O4/c1-12(2)14(17)18-13(9-7-11-16)8-5-3-4-6-10-15/h13,15-16H,1,3-11H2,2H3. The summed E-state index contributed by atoms with van der Waals surface area (Å²) < 4.78 is 5.32. The van der Waals surface area contributed by atoms with Gasteiger partial charge in [0.15, 0.2) is 0 Å². The summed E-state index contributed by atoms with van der Waals surface area (Å²) in [5.74, 6) is -0.353. The van der Waals surface area contributed by atoms with E-state index < -0.39 is 0 Å². The first kappa shape index (κ1) is 17.1. The highest BCUT2D eigenvalue weighted by atomic mass is 16.5. The van der Waals surface area contributed by atoms with Gasteiger partial charge in [0.25, 0.3) is 0 Å². The van der Waals surface area contributed by atoms with Crippen LogP contribution in [0.5, 0.6) is 0 Å². The second kappa shape index (κ2) is 11.2. The third-order valence-electron chi connectivity index (χ3n) is 2.74. The monoisotopic (exact) mass is 258 g/mol. The van der Waals surface area contributed by atoms with Crippen LogP contribution in [0.3, 0.4) is 0 Å². The van der Waals surface area contributed by atoms with Crippen molar-refractivity contribution in [2.24, 2.45) is 0 Å². The molecule has 0 saturated heterocycles. The molecule has 0 amide bonds. The van der Waals surface area contributed by atoms with Gasteiger partial charge in [-0.15, -0.1) is 0 Å². The predicted octanol–water partition coefficient (Wildman–Crippen LogP) is 2.19. The maximum Gasteiger partial charge on any atom is 0.333 e. The summed E-state index contributed by atoms with van der Waals surface area (Å²) in [4.78, 5) is 11.4. The molecule has 0 saturated carbocycles. The molecule has 0 rings (SSSR count). The smallest absolute Gasteiger partial charge is 0.333 e. The molecule has 0 aliphatic rings. The van der Waals surface area contributed by atoms with Crippen LogP contribution in [0.2, 0.25) is 0 Å². The number of hydrogen-bond donors (Lipinski definition) is 2. The van der Waals surface area contributed by atoms with Gasteiger partial charge in [-0.25, -0.2) is 4.79 Å². The molecule has 0 aromatic heterocycles. The molecule has 4 nitrogen and oxygen atoms in total. The molecule has 106 valence electrons. The lowest BCUT2D eigenvalue weighted by atomic mass is 10.1. The zero-order valence-corrected chi connectivity index (χ0v) is 11.4. The summed E-state index contributed by atoms with van der Waals surface area (Å²) in [6.07, 6.45) is 5.84. The summed E-state index contributed by atoms with van der Waals surface area (Å²) in [5.41, 5.74) is 0.407. The molecule has 0 heterocycles. The van der Waals surface area contributed by atoms with Gasteiger partial charge in [0.05, 0.1) is 0 Å². The first-order chi connectivity index (χ1) is 8.61.